The van der Waals surface area contributed by atoms with Crippen LogP contribution in [-0.2, 0) is 5.41 Å². The summed E-state index contributed by atoms with van der Waals surface area (Å²) in [5.41, 5.74) is 12.9. The van der Waals surface area contributed by atoms with E-state index in [4.69, 9.17) is 0 Å². The number of rotatable bonds is 5. The van der Waals surface area contributed by atoms with Crippen molar-refractivity contribution in [2.75, 3.05) is 0 Å². The van der Waals surface area contributed by atoms with Crippen LogP contribution in [0.25, 0.3) is 0 Å². The molecular formula is C52H57NSi. The first kappa shape index (κ1) is 33.7. The van der Waals surface area contributed by atoms with Crippen molar-refractivity contribution in [3.05, 3.63) is 161 Å². The molecule has 2 heteroatoms. The van der Waals surface area contributed by atoms with Gasteiger partial charge in [0.25, 0.3) is 0 Å². The first-order valence-corrected chi connectivity index (χ1v) is 22.8. The standard InChI is InChI=1S/C52H57NSi/c1-51(2)44-22-10-6-17-38(44)41-32-31-37(33-47(41)51)53(48-25-14-21-43-42-20-9-13-26-49(42)54-50(43)48)36-29-27-35(28-30-36)52(34-15-4-3-5-16-34)45-23-11-7-18-39(45)40-19-8-12-24-46(40)52/h3-7,9,11-13,15-18,20,23-27,29,35-39,43-45,50H,8,10,14,19,21-22,28,30-33H2,1-2H3. The number of allylic oxidation sites excluding steroid dienone is 14. The van der Waals surface area contributed by atoms with E-state index in [9.17, 15) is 0 Å². The first-order valence-electron chi connectivity index (χ1n) is 21.8. The van der Waals surface area contributed by atoms with Crippen LogP contribution in [0.15, 0.2) is 149 Å². The largest absolute Gasteiger partial charge is 0.365 e. The summed E-state index contributed by atoms with van der Waals surface area (Å²) in [5, 5.41) is 1.64. The van der Waals surface area contributed by atoms with Crippen molar-refractivity contribution >= 4 is 14.7 Å². The molecule has 10 atom stereocenters. The van der Waals surface area contributed by atoms with Crippen LogP contribution in [0.3, 0.4) is 0 Å². The first-order chi connectivity index (χ1) is 26.5. The molecule has 0 saturated heterocycles. The number of nitrogens with zero attached hydrogens (tertiary/aromatic N) is 1. The average molecular weight is 724 g/mol. The van der Waals surface area contributed by atoms with E-state index >= 15 is 0 Å². The molecule has 10 unspecified atom stereocenters. The third-order valence-electron chi connectivity index (χ3n) is 16.3. The van der Waals surface area contributed by atoms with Crippen LogP contribution in [0.1, 0.15) is 102 Å². The number of fused-ring (bicyclic) bond motifs is 7. The van der Waals surface area contributed by atoms with Gasteiger partial charge in [0.15, 0.2) is 0 Å². The van der Waals surface area contributed by atoms with Crippen LogP contribution in [0.5, 0.6) is 0 Å². The van der Waals surface area contributed by atoms with Crippen molar-refractivity contribution in [3.63, 3.8) is 0 Å². The minimum Gasteiger partial charge on any atom is -0.365 e. The number of hydrogen-bond acceptors (Lipinski definition) is 1. The second-order valence-electron chi connectivity index (χ2n) is 18.8. The molecule has 1 heterocycles. The molecule has 1 nitrogen and oxygen atoms in total. The van der Waals surface area contributed by atoms with Gasteiger partial charge in [0.05, 0.1) is 9.52 Å². The van der Waals surface area contributed by atoms with E-state index in [1.165, 1.54) is 76.2 Å². The van der Waals surface area contributed by atoms with Crippen LogP contribution in [0, 0.1) is 35.0 Å². The van der Waals surface area contributed by atoms with Crippen molar-refractivity contribution < 1.29 is 0 Å². The third kappa shape index (κ3) is 4.87. The lowest BCUT2D eigenvalue weighted by molar-refractivity contribution is 0.149. The lowest BCUT2D eigenvalue weighted by atomic mass is 9.57. The van der Waals surface area contributed by atoms with E-state index in [2.05, 4.69) is 140 Å². The number of hydrogen-bond donors (Lipinski definition) is 0. The maximum absolute atomic E-state index is 3.10. The van der Waals surface area contributed by atoms with Gasteiger partial charge in [0, 0.05) is 46.5 Å². The van der Waals surface area contributed by atoms with Crippen molar-refractivity contribution in [2.45, 2.75) is 113 Å². The Morgan fingerprint density at radius 1 is 0.722 bits per heavy atom. The summed E-state index contributed by atoms with van der Waals surface area (Å²) in [6.45, 7) is 5.23. The van der Waals surface area contributed by atoms with Crippen molar-refractivity contribution in [2.24, 2.45) is 35.0 Å². The van der Waals surface area contributed by atoms with Gasteiger partial charge in [-0.25, -0.2) is 0 Å². The normalized spacial score (nSPS) is 38.0. The van der Waals surface area contributed by atoms with E-state index in [-0.39, 0.29) is 5.41 Å². The SMILES string of the molecule is CC1(C)C2=C(CCC(N(C3=CCCC4c5ccccc5[Si]C34)C3C=CC(C4(c5ccccc5)C5=C(CCC=C5)C5C=CC=CC54)CC3)C2)C2C=CCCC21. The molecule has 0 spiro atoms. The topological polar surface area (TPSA) is 3.24 Å². The molecule has 2 aromatic carbocycles. The van der Waals surface area contributed by atoms with Gasteiger partial charge in [-0.1, -0.05) is 157 Å². The quantitative estimate of drug-likeness (QED) is 0.219. The molecule has 0 bridgehead atoms. The molecule has 0 N–H and O–H groups in total. The lowest BCUT2D eigenvalue weighted by Crippen LogP contribution is -2.48. The summed E-state index contributed by atoms with van der Waals surface area (Å²) in [4.78, 5) is 3.10. The Kier molecular flexibility index (Phi) is 8.09. The van der Waals surface area contributed by atoms with E-state index < -0.39 is 0 Å². The zero-order chi connectivity index (χ0) is 36.0. The molecule has 0 aromatic heterocycles. The molecule has 0 amide bonds. The van der Waals surface area contributed by atoms with Crippen LogP contribution in [0.4, 0.5) is 0 Å². The van der Waals surface area contributed by atoms with Gasteiger partial charge in [-0.3, -0.25) is 0 Å². The third-order valence-corrected chi connectivity index (χ3v) is 18.0. The van der Waals surface area contributed by atoms with Crippen LogP contribution >= 0.6 is 0 Å². The van der Waals surface area contributed by atoms with Crippen molar-refractivity contribution in [1.29, 1.82) is 0 Å². The minimum atomic E-state index is -0.0162. The summed E-state index contributed by atoms with van der Waals surface area (Å²) < 4.78 is 0. The Labute approximate surface area is 327 Å². The van der Waals surface area contributed by atoms with Gasteiger partial charge in [-0.05, 0) is 110 Å². The van der Waals surface area contributed by atoms with Gasteiger partial charge in [-0.2, -0.15) is 0 Å². The number of benzene rings is 2. The second-order valence-corrected chi connectivity index (χ2v) is 20.2. The fraction of sp³-hybridized carbons (Fsp3) is 0.462. The predicted molar refractivity (Wildman–Crippen MR) is 226 cm³/mol. The Morgan fingerprint density at radius 2 is 1.59 bits per heavy atom. The molecule has 2 radical (unpaired) electrons. The Morgan fingerprint density at radius 3 is 2.48 bits per heavy atom. The van der Waals surface area contributed by atoms with Gasteiger partial charge >= 0.3 is 0 Å². The summed E-state index contributed by atoms with van der Waals surface area (Å²) in [5.74, 6) is 3.64. The fourth-order valence-corrected chi connectivity index (χ4v) is 16.0. The minimum absolute atomic E-state index is 0.0162. The monoisotopic (exact) mass is 723 g/mol. The predicted octanol–water partition coefficient (Wildman–Crippen LogP) is 11.6. The van der Waals surface area contributed by atoms with E-state index in [1.807, 2.05) is 11.1 Å². The Balaban J connectivity index is 0.988. The molecule has 0 saturated carbocycles. The lowest BCUT2D eigenvalue weighted by Gasteiger charge is -2.50. The molecule has 11 rings (SSSR count). The van der Waals surface area contributed by atoms with E-state index in [1.54, 1.807) is 27.6 Å². The molecule has 8 aliphatic carbocycles. The highest BCUT2D eigenvalue weighted by Crippen LogP contribution is 2.63. The summed E-state index contributed by atoms with van der Waals surface area (Å²) >= 11 is 0. The zero-order valence-electron chi connectivity index (χ0n) is 32.5. The van der Waals surface area contributed by atoms with Gasteiger partial charge in [0.2, 0.25) is 0 Å². The Bertz CT molecular complexity index is 2080. The Hall–Kier alpha value is -3.62. The fourth-order valence-electron chi connectivity index (χ4n) is 14.1. The van der Waals surface area contributed by atoms with Gasteiger partial charge in [-0.15, -0.1) is 0 Å². The highest BCUT2D eigenvalue weighted by atomic mass is 28.2. The van der Waals surface area contributed by atoms with Crippen LogP contribution < -0.4 is 5.19 Å². The maximum atomic E-state index is 3.10. The molecule has 2 aromatic rings. The van der Waals surface area contributed by atoms with Crippen molar-refractivity contribution in [1.82, 2.24) is 4.90 Å². The molecule has 0 fully saturated rings. The highest BCUT2D eigenvalue weighted by Gasteiger charge is 2.57. The molecule has 54 heavy (non-hydrogen) atoms. The van der Waals surface area contributed by atoms with E-state index in [0.717, 1.165) is 15.4 Å². The van der Waals surface area contributed by atoms with E-state index in [0.29, 0.717) is 52.6 Å². The summed E-state index contributed by atoms with van der Waals surface area (Å²) in [6, 6.07) is 22.3. The van der Waals surface area contributed by atoms with Gasteiger partial charge < -0.3 is 4.90 Å². The van der Waals surface area contributed by atoms with Crippen LogP contribution in [-0.4, -0.2) is 26.5 Å². The maximum Gasteiger partial charge on any atom is 0.0920 e. The highest BCUT2D eigenvalue weighted by molar-refractivity contribution is 6.58. The molecule has 1 aliphatic heterocycles. The zero-order valence-corrected chi connectivity index (χ0v) is 33.5. The average Bonchev–Trinajstić information content (AvgIpc) is 3.83. The summed E-state index contributed by atoms with van der Waals surface area (Å²) in [6.07, 6.45) is 42.1. The molecule has 274 valence electrons. The second kappa shape index (κ2) is 13.0. The molecular weight excluding hydrogens is 667 g/mol. The molecule has 9 aliphatic rings. The van der Waals surface area contributed by atoms with Crippen LogP contribution in [0.2, 0.25) is 5.54 Å². The van der Waals surface area contributed by atoms with Gasteiger partial charge in [0.1, 0.15) is 0 Å². The summed E-state index contributed by atoms with van der Waals surface area (Å²) in [7, 11) is 0.893. The van der Waals surface area contributed by atoms with Crippen molar-refractivity contribution in [3.8, 4) is 0 Å². The smallest absolute Gasteiger partial charge is 0.0920 e.